The van der Waals surface area contributed by atoms with E-state index in [0.29, 0.717) is 10.4 Å². The molecule has 0 saturated heterocycles. The van der Waals surface area contributed by atoms with Crippen molar-refractivity contribution in [1.82, 2.24) is 0 Å². The average Bonchev–Trinajstić information content (AvgIpc) is 2.64. The Bertz CT molecular complexity index is 612. The maximum atomic E-state index is 11.3. The lowest BCUT2D eigenvalue weighted by molar-refractivity contribution is 0.0601. The number of nitriles is 1. The van der Waals surface area contributed by atoms with Crippen LogP contribution in [0.25, 0.3) is 10.1 Å². The predicted molar refractivity (Wildman–Crippen MR) is 65.6 cm³/mol. The van der Waals surface area contributed by atoms with E-state index in [1.165, 1.54) is 18.4 Å². The Morgan fingerprint density at radius 1 is 1.56 bits per heavy atom. The molecule has 3 nitrogen and oxygen atoms in total. The number of carbonyl (C=O) groups is 1. The number of ether oxygens (including phenoxy) is 1. The van der Waals surface area contributed by atoms with E-state index in [2.05, 4.69) is 26.7 Å². The zero-order valence-electron chi connectivity index (χ0n) is 8.28. The van der Waals surface area contributed by atoms with Crippen molar-refractivity contribution in [1.29, 1.82) is 5.26 Å². The average molecular weight is 296 g/mol. The van der Waals surface area contributed by atoms with E-state index in [4.69, 9.17) is 5.26 Å². The SMILES string of the molecule is COC(=O)c1ccc2sc(C#N)c(Br)c2c1. The fourth-order valence-corrected chi connectivity index (χ4v) is 3.05. The minimum Gasteiger partial charge on any atom is -0.465 e. The van der Waals surface area contributed by atoms with Gasteiger partial charge < -0.3 is 4.74 Å². The van der Waals surface area contributed by atoms with Crippen LogP contribution in [0.3, 0.4) is 0 Å². The second-order valence-electron chi connectivity index (χ2n) is 3.06. The molecule has 0 aliphatic rings. The zero-order valence-corrected chi connectivity index (χ0v) is 10.7. The molecule has 0 radical (unpaired) electrons. The first kappa shape index (κ1) is 11.1. The van der Waals surface area contributed by atoms with Crippen molar-refractivity contribution in [2.75, 3.05) is 7.11 Å². The van der Waals surface area contributed by atoms with E-state index in [9.17, 15) is 4.79 Å². The smallest absolute Gasteiger partial charge is 0.337 e. The number of hydrogen-bond donors (Lipinski definition) is 0. The lowest BCUT2D eigenvalue weighted by Crippen LogP contribution is -2.00. The van der Waals surface area contributed by atoms with Crippen molar-refractivity contribution < 1.29 is 9.53 Å². The summed E-state index contributed by atoms with van der Waals surface area (Å²) >= 11 is 4.74. The number of carbonyl (C=O) groups excluding carboxylic acids is 1. The molecule has 0 aliphatic heterocycles. The summed E-state index contributed by atoms with van der Waals surface area (Å²) in [6.07, 6.45) is 0. The largest absolute Gasteiger partial charge is 0.465 e. The number of nitrogens with zero attached hydrogens (tertiary/aromatic N) is 1. The van der Waals surface area contributed by atoms with Crippen molar-refractivity contribution in [3.8, 4) is 6.07 Å². The van der Waals surface area contributed by atoms with Crippen molar-refractivity contribution in [3.63, 3.8) is 0 Å². The van der Waals surface area contributed by atoms with Gasteiger partial charge in [-0.3, -0.25) is 0 Å². The molecule has 0 unspecified atom stereocenters. The Morgan fingerprint density at radius 3 is 2.94 bits per heavy atom. The van der Waals surface area contributed by atoms with Crippen LogP contribution in [0.5, 0.6) is 0 Å². The van der Waals surface area contributed by atoms with Gasteiger partial charge >= 0.3 is 5.97 Å². The lowest BCUT2D eigenvalue weighted by Gasteiger charge is -1.98. The van der Waals surface area contributed by atoms with Gasteiger partial charge in [0.1, 0.15) is 10.9 Å². The summed E-state index contributed by atoms with van der Waals surface area (Å²) < 4.78 is 6.35. The molecule has 16 heavy (non-hydrogen) atoms. The molecule has 0 saturated carbocycles. The number of fused-ring (bicyclic) bond motifs is 1. The van der Waals surface area contributed by atoms with Crippen LogP contribution in [0.1, 0.15) is 15.2 Å². The van der Waals surface area contributed by atoms with Gasteiger partial charge in [-0.05, 0) is 34.1 Å². The maximum absolute atomic E-state index is 11.3. The van der Waals surface area contributed by atoms with Crippen molar-refractivity contribution >= 4 is 43.3 Å². The van der Waals surface area contributed by atoms with E-state index in [-0.39, 0.29) is 5.97 Å². The molecule has 0 N–H and O–H groups in total. The second kappa shape index (κ2) is 4.24. The van der Waals surface area contributed by atoms with Crippen LogP contribution < -0.4 is 0 Å². The molecule has 1 aromatic heterocycles. The standard InChI is InChI=1S/C11H6BrNO2S/c1-15-11(14)6-2-3-8-7(4-6)10(12)9(5-13)16-8/h2-4H,1H3. The van der Waals surface area contributed by atoms with Crippen LogP contribution in [0.15, 0.2) is 22.7 Å². The van der Waals surface area contributed by atoms with Crippen LogP contribution in [0.2, 0.25) is 0 Å². The number of benzene rings is 1. The third-order valence-electron chi connectivity index (χ3n) is 2.15. The number of halogens is 1. The molecule has 0 bridgehead atoms. The van der Waals surface area contributed by atoms with Gasteiger partial charge in [-0.1, -0.05) is 0 Å². The highest BCUT2D eigenvalue weighted by Crippen LogP contribution is 2.35. The van der Waals surface area contributed by atoms with Crippen molar-refractivity contribution in [3.05, 3.63) is 33.1 Å². The van der Waals surface area contributed by atoms with Gasteiger partial charge in [-0.15, -0.1) is 11.3 Å². The molecular formula is C11H6BrNO2S. The van der Waals surface area contributed by atoms with E-state index in [1.54, 1.807) is 12.1 Å². The van der Waals surface area contributed by atoms with Gasteiger partial charge in [-0.25, -0.2) is 4.79 Å². The van der Waals surface area contributed by atoms with E-state index in [1.807, 2.05) is 6.07 Å². The second-order valence-corrected chi connectivity index (χ2v) is 4.90. The molecule has 2 rings (SSSR count). The van der Waals surface area contributed by atoms with E-state index >= 15 is 0 Å². The third kappa shape index (κ3) is 1.70. The Kier molecular flexibility index (Phi) is 2.95. The molecule has 0 fully saturated rings. The lowest BCUT2D eigenvalue weighted by atomic mass is 10.1. The van der Waals surface area contributed by atoms with Gasteiger partial charge in [0, 0.05) is 10.1 Å². The van der Waals surface area contributed by atoms with Crippen LogP contribution in [-0.4, -0.2) is 13.1 Å². The summed E-state index contributed by atoms with van der Waals surface area (Å²) in [6.45, 7) is 0. The molecule has 1 aromatic carbocycles. The van der Waals surface area contributed by atoms with Gasteiger partial charge in [0.05, 0.1) is 17.1 Å². The highest BCUT2D eigenvalue weighted by atomic mass is 79.9. The van der Waals surface area contributed by atoms with Crippen LogP contribution >= 0.6 is 27.3 Å². The van der Waals surface area contributed by atoms with Crippen molar-refractivity contribution in [2.24, 2.45) is 0 Å². The molecule has 0 aliphatic carbocycles. The molecule has 1 heterocycles. The summed E-state index contributed by atoms with van der Waals surface area (Å²) in [5.74, 6) is -0.376. The van der Waals surface area contributed by atoms with Crippen molar-refractivity contribution in [2.45, 2.75) is 0 Å². The summed E-state index contributed by atoms with van der Waals surface area (Å²) in [7, 11) is 1.34. The minimum atomic E-state index is -0.376. The van der Waals surface area contributed by atoms with E-state index < -0.39 is 0 Å². The molecule has 0 amide bonds. The third-order valence-corrected chi connectivity index (χ3v) is 4.31. The quantitative estimate of drug-likeness (QED) is 0.758. The molecule has 80 valence electrons. The van der Waals surface area contributed by atoms with Crippen LogP contribution in [0, 0.1) is 11.3 Å². The topological polar surface area (TPSA) is 50.1 Å². The normalized spacial score (nSPS) is 10.1. The number of esters is 1. The Hall–Kier alpha value is -1.38. The number of hydrogen-bond acceptors (Lipinski definition) is 4. The fourth-order valence-electron chi connectivity index (χ4n) is 1.38. The summed E-state index contributed by atoms with van der Waals surface area (Å²) in [5.41, 5.74) is 0.484. The Morgan fingerprint density at radius 2 is 2.31 bits per heavy atom. The van der Waals surface area contributed by atoms with Crippen LogP contribution in [0.4, 0.5) is 0 Å². The first-order valence-corrected chi connectivity index (χ1v) is 5.98. The Balaban J connectivity index is 2.66. The number of rotatable bonds is 1. The molecule has 2 aromatic rings. The number of methoxy groups -OCH3 is 1. The summed E-state index contributed by atoms with van der Waals surface area (Å²) in [5, 5.41) is 9.75. The predicted octanol–water partition coefficient (Wildman–Crippen LogP) is 3.32. The van der Waals surface area contributed by atoms with Crippen LogP contribution in [-0.2, 0) is 4.74 Å². The van der Waals surface area contributed by atoms with Gasteiger partial charge in [0.25, 0.3) is 0 Å². The first-order chi connectivity index (χ1) is 7.67. The minimum absolute atomic E-state index is 0.376. The van der Waals surface area contributed by atoms with E-state index in [0.717, 1.165) is 14.6 Å². The summed E-state index contributed by atoms with van der Waals surface area (Å²) in [4.78, 5) is 12.0. The fraction of sp³-hybridized carbons (Fsp3) is 0.0909. The Labute approximate surface area is 104 Å². The number of thiophene rings is 1. The van der Waals surface area contributed by atoms with Gasteiger partial charge in [-0.2, -0.15) is 5.26 Å². The van der Waals surface area contributed by atoms with Gasteiger partial charge in [0.15, 0.2) is 0 Å². The zero-order chi connectivity index (χ0) is 11.7. The highest BCUT2D eigenvalue weighted by molar-refractivity contribution is 9.10. The monoisotopic (exact) mass is 295 g/mol. The molecule has 0 atom stereocenters. The molecule has 0 spiro atoms. The highest BCUT2D eigenvalue weighted by Gasteiger charge is 2.12. The molecular weight excluding hydrogens is 290 g/mol. The first-order valence-electron chi connectivity index (χ1n) is 4.38. The van der Waals surface area contributed by atoms with Gasteiger partial charge in [0.2, 0.25) is 0 Å². The summed E-state index contributed by atoms with van der Waals surface area (Å²) in [6, 6.07) is 7.34. The maximum Gasteiger partial charge on any atom is 0.337 e. The molecule has 5 heteroatoms.